The topological polar surface area (TPSA) is 38.3 Å². The van der Waals surface area contributed by atoms with Crippen LogP contribution in [-0.4, -0.2) is 11.8 Å². The molecule has 0 bridgehead atoms. The normalized spacial score (nSPS) is 9.73. The molecule has 1 aromatic carbocycles. The fourth-order valence-corrected chi connectivity index (χ4v) is 1.22. The molecule has 0 aliphatic heterocycles. The molecule has 15 heavy (non-hydrogen) atoms. The van der Waals surface area contributed by atoms with Crippen molar-refractivity contribution in [2.24, 2.45) is 0 Å². The average molecular weight is 225 g/mol. The molecule has 1 amide bonds. The summed E-state index contributed by atoms with van der Waals surface area (Å²) in [4.78, 5) is 10.6. The van der Waals surface area contributed by atoms with Gasteiger partial charge < -0.3 is 10.1 Å². The van der Waals surface area contributed by atoms with Crippen molar-refractivity contribution in [1.82, 2.24) is 0 Å². The number of carbonyl (C=O) groups is 1. The Balaban J connectivity index is 2.45. The molecule has 1 N–H and O–H groups in total. The predicted octanol–water partition coefficient (Wildman–Crippen LogP) is 3.33. The number of hydrogen-bond donors (Lipinski definition) is 2. The van der Waals surface area contributed by atoms with E-state index in [1.54, 1.807) is 12.1 Å². The van der Waals surface area contributed by atoms with Gasteiger partial charge in [0.25, 0.3) is 5.24 Å². The van der Waals surface area contributed by atoms with Gasteiger partial charge in [-0.3, -0.25) is 4.79 Å². The van der Waals surface area contributed by atoms with Crippen molar-refractivity contribution in [3.05, 3.63) is 24.3 Å². The Bertz CT molecular complexity index is 311. The fourth-order valence-electron chi connectivity index (χ4n) is 1.09. The lowest BCUT2D eigenvalue weighted by atomic mass is 10.3. The number of benzene rings is 1. The zero-order valence-corrected chi connectivity index (χ0v) is 9.59. The number of hydrogen-bond acceptors (Lipinski definition) is 2. The highest BCUT2D eigenvalue weighted by Gasteiger charge is 1.97. The second-order valence-corrected chi connectivity index (χ2v) is 3.56. The monoisotopic (exact) mass is 225 g/mol. The maximum atomic E-state index is 10.6. The minimum absolute atomic E-state index is 0.366. The second-order valence-electron chi connectivity index (χ2n) is 3.16. The van der Waals surface area contributed by atoms with Gasteiger partial charge in [0.05, 0.1) is 6.61 Å². The summed E-state index contributed by atoms with van der Waals surface area (Å²) < 4.78 is 5.47. The number of unbranched alkanes of at least 4 members (excludes halogenated alkanes) is 1. The first-order valence-corrected chi connectivity index (χ1v) is 5.40. The van der Waals surface area contributed by atoms with Crippen LogP contribution in [0.15, 0.2) is 24.3 Å². The van der Waals surface area contributed by atoms with Crippen molar-refractivity contribution in [3.8, 4) is 5.75 Å². The lowest BCUT2D eigenvalue weighted by molar-refractivity contribution is 0.270. The summed E-state index contributed by atoms with van der Waals surface area (Å²) in [6, 6.07) is 7.23. The Morgan fingerprint density at radius 2 is 2.07 bits per heavy atom. The minimum Gasteiger partial charge on any atom is -0.494 e. The summed E-state index contributed by atoms with van der Waals surface area (Å²) >= 11 is 3.62. The van der Waals surface area contributed by atoms with E-state index >= 15 is 0 Å². The number of anilines is 1. The molecule has 0 unspecified atom stereocenters. The van der Waals surface area contributed by atoms with Gasteiger partial charge >= 0.3 is 0 Å². The van der Waals surface area contributed by atoms with Crippen molar-refractivity contribution < 1.29 is 9.53 Å². The van der Waals surface area contributed by atoms with E-state index in [4.69, 9.17) is 4.74 Å². The molecule has 0 aliphatic rings. The summed E-state index contributed by atoms with van der Waals surface area (Å²) in [5.41, 5.74) is 0.720. The van der Waals surface area contributed by atoms with Crippen LogP contribution in [0.3, 0.4) is 0 Å². The van der Waals surface area contributed by atoms with Gasteiger partial charge in [0.2, 0.25) is 0 Å². The smallest absolute Gasteiger partial charge is 0.280 e. The van der Waals surface area contributed by atoms with Crippen molar-refractivity contribution in [2.75, 3.05) is 11.9 Å². The zero-order valence-electron chi connectivity index (χ0n) is 8.69. The highest BCUT2D eigenvalue weighted by molar-refractivity contribution is 7.96. The summed E-state index contributed by atoms with van der Waals surface area (Å²) in [6.45, 7) is 2.85. The zero-order chi connectivity index (χ0) is 11.1. The number of thiol groups is 1. The van der Waals surface area contributed by atoms with E-state index in [0.29, 0.717) is 0 Å². The quantitative estimate of drug-likeness (QED) is 0.596. The third-order valence-corrected chi connectivity index (χ3v) is 1.98. The van der Waals surface area contributed by atoms with Gasteiger partial charge in [-0.25, -0.2) is 0 Å². The Kier molecular flexibility index (Phi) is 5.04. The Hall–Kier alpha value is -1.16. The van der Waals surface area contributed by atoms with Gasteiger partial charge in [-0.1, -0.05) is 26.0 Å². The molecule has 1 rings (SSSR count). The minimum atomic E-state index is -0.366. The maximum Gasteiger partial charge on any atom is 0.280 e. The van der Waals surface area contributed by atoms with Crippen LogP contribution in [0, 0.1) is 0 Å². The van der Waals surface area contributed by atoms with Crippen LogP contribution in [0.25, 0.3) is 0 Å². The van der Waals surface area contributed by atoms with E-state index in [0.717, 1.165) is 30.9 Å². The third kappa shape index (κ3) is 4.74. The number of carbonyl (C=O) groups excluding carboxylic acids is 1. The van der Waals surface area contributed by atoms with Gasteiger partial charge in [0.1, 0.15) is 5.75 Å². The fraction of sp³-hybridized carbons (Fsp3) is 0.364. The first-order chi connectivity index (χ1) is 7.22. The van der Waals surface area contributed by atoms with E-state index in [1.165, 1.54) is 0 Å². The maximum absolute atomic E-state index is 10.6. The molecule has 0 saturated heterocycles. The van der Waals surface area contributed by atoms with Gasteiger partial charge in [-0.2, -0.15) is 0 Å². The largest absolute Gasteiger partial charge is 0.494 e. The first-order valence-electron chi connectivity index (χ1n) is 4.95. The molecular formula is C11H15NO2S. The van der Waals surface area contributed by atoms with E-state index in [2.05, 4.69) is 24.9 Å². The van der Waals surface area contributed by atoms with Crippen molar-refractivity contribution in [1.29, 1.82) is 0 Å². The van der Waals surface area contributed by atoms with Gasteiger partial charge in [-0.05, 0) is 30.7 Å². The van der Waals surface area contributed by atoms with E-state index in [9.17, 15) is 4.79 Å². The number of nitrogens with one attached hydrogen (secondary N) is 1. The first kappa shape index (κ1) is 11.9. The van der Waals surface area contributed by atoms with Crippen molar-refractivity contribution in [3.63, 3.8) is 0 Å². The standard InChI is InChI=1S/C11H15NO2S/c1-2-3-8-14-10-6-4-9(5-7-10)12-11(13)15/h4-7H,2-3,8H2,1H3,(H2,12,13,15). The SMILES string of the molecule is CCCCOc1ccc(NC(=O)S)cc1. The lowest BCUT2D eigenvalue weighted by Crippen LogP contribution is -2.01. The number of ether oxygens (including phenoxy) is 1. The van der Waals surface area contributed by atoms with Gasteiger partial charge in [0.15, 0.2) is 0 Å². The molecule has 0 aromatic heterocycles. The van der Waals surface area contributed by atoms with Crippen LogP contribution in [0.1, 0.15) is 19.8 Å². The molecule has 1 aromatic rings. The molecule has 0 fully saturated rings. The number of amides is 1. The highest BCUT2D eigenvalue weighted by atomic mass is 32.1. The van der Waals surface area contributed by atoms with Crippen LogP contribution in [-0.2, 0) is 0 Å². The molecule has 0 atom stereocenters. The summed E-state index contributed by atoms with van der Waals surface area (Å²) in [5.74, 6) is 0.820. The molecule has 0 radical (unpaired) electrons. The van der Waals surface area contributed by atoms with E-state index in [1.807, 2.05) is 12.1 Å². The van der Waals surface area contributed by atoms with Gasteiger partial charge in [0, 0.05) is 5.69 Å². The third-order valence-electron chi connectivity index (χ3n) is 1.87. The lowest BCUT2D eigenvalue weighted by Gasteiger charge is -2.06. The Morgan fingerprint density at radius 1 is 1.40 bits per heavy atom. The molecule has 0 saturated carbocycles. The van der Waals surface area contributed by atoms with Crippen LogP contribution in [0.5, 0.6) is 5.75 Å². The average Bonchev–Trinajstić information content (AvgIpc) is 2.20. The molecule has 0 heterocycles. The van der Waals surface area contributed by atoms with Crippen LogP contribution in [0.2, 0.25) is 0 Å². The van der Waals surface area contributed by atoms with Crippen LogP contribution in [0.4, 0.5) is 10.5 Å². The van der Waals surface area contributed by atoms with Crippen LogP contribution < -0.4 is 10.1 Å². The Morgan fingerprint density at radius 3 is 2.60 bits per heavy atom. The number of rotatable bonds is 5. The summed E-state index contributed by atoms with van der Waals surface area (Å²) in [7, 11) is 0. The molecule has 82 valence electrons. The second kappa shape index (κ2) is 6.35. The molecule has 0 aliphatic carbocycles. The Labute approximate surface area is 95.2 Å². The summed E-state index contributed by atoms with van der Waals surface area (Å²) in [5, 5.41) is 2.20. The van der Waals surface area contributed by atoms with Crippen molar-refractivity contribution >= 4 is 23.6 Å². The van der Waals surface area contributed by atoms with E-state index < -0.39 is 0 Å². The van der Waals surface area contributed by atoms with Gasteiger partial charge in [-0.15, -0.1) is 0 Å². The van der Waals surface area contributed by atoms with Crippen LogP contribution >= 0.6 is 12.6 Å². The molecule has 0 spiro atoms. The molecular weight excluding hydrogens is 210 g/mol. The van der Waals surface area contributed by atoms with E-state index in [-0.39, 0.29) is 5.24 Å². The predicted molar refractivity (Wildman–Crippen MR) is 64.8 cm³/mol. The molecule has 4 heteroatoms. The van der Waals surface area contributed by atoms with Crippen molar-refractivity contribution in [2.45, 2.75) is 19.8 Å². The molecule has 3 nitrogen and oxygen atoms in total. The highest BCUT2D eigenvalue weighted by Crippen LogP contribution is 2.16. The summed E-state index contributed by atoms with van der Waals surface area (Å²) in [6.07, 6.45) is 2.17.